The molecule has 0 aliphatic carbocycles. The number of nitrogens with one attached hydrogen (secondary N) is 2. The van der Waals surface area contributed by atoms with Crippen LogP contribution in [0.5, 0.6) is 5.75 Å². The highest BCUT2D eigenvalue weighted by Gasteiger charge is 2.41. The quantitative estimate of drug-likeness (QED) is 0.495. The second-order valence-corrected chi connectivity index (χ2v) is 9.75. The number of aromatic nitrogens is 3. The van der Waals surface area contributed by atoms with Crippen molar-refractivity contribution in [3.63, 3.8) is 0 Å². The number of methoxy groups -OCH3 is 1. The predicted octanol–water partition coefficient (Wildman–Crippen LogP) is 4.26. The molecule has 11 heteroatoms. The first-order valence-electron chi connectivity index (χ1n) is 12.1. The number of ether oxygens (including phenoxy) is 1. The van der Waals surface area contributed by atoms with Crippen LogP contribution in [0.2, 0.25) is 0 Å². The Bertz CT molecular complexity index is 1310. The van der Waals surface area contributed by atoms with E-state index in [2.05, 4.69) is 20.9 Å². The molecule has 2 aliphatic rings. The molecule has 37 heavy (non-hydrogen) atoms. The van der Waals surface area contributed by atoms with E-state index in [-0.39, 0.29) is 24.1 Å². The van der Waals surface area contributed by atoms with Crippen LogP contribution in [0.4, 0.5) is 17.6 Å². The molecule has 196 valence electrons. The van der Waals surface area contributed by atoms with Crippen LogP contribution in [0.3, 0.4) is 0 Å². The monoisotopic (exact) mass is 517 g/mol. The number of halogens is 4. The summed E-state index contributed by atoms with van der Waals surface area (Å²) in [5, 5.41) is 15.1. The van der Waals surface area contributed by atoms with Crippen LogP contribution in [0.15, 0.2) is 42.5 Å². The SMILES string of the molecule is COc1ccc(CC2NC(=O)CC(c3nnn4c3CCC[C@@]4(C)c3ccc(C(F)(F)F)cc3F)N2)cc1. The van der Waals surface area contributed by atoms with E-state index < -0.39 is 29.1 Å². The van der Waals surface area contributed by atoms with Gasteiger partial charge < -0.3 is 10.1 Å². The van der Waals surface area contributed by atoms with Crippen molar-refractivity contribution >= 4 is 5.91 Å². The minimum Gasteiger partial charge on any atom is -0.497 e. The van der Waals surface area contributed by atoms with E-state index in [4.69, 9.17) is 4.74 Å². The number of nitrogens with zero attached hydrogens (tertiary/aromatic N) is 3. The normalized spacial score (nSPS) is 23.9. The van der Waals surface area contributed by atoms with Gasteiger partial charge in [0, 0.05) is 18.4 Å². The molecule has 1 aromatic heterocycles. The van der Waals surface area contributed by atoms with Crippen molar-refractivity contribution < 1.29 is 27.1 Å². The highest BCUT2D eigenvalue weighted by molar-refractivity contribution is 5.78. The third-order valence-electron chi connectivity index (χ3n) is 7.27. The Balaban J connectivity index is 1.42. The zero-order chi connectivity index (χ0) is 26.4. The highest BCUT2D eigenvalue weighted by atomic mass is 19.4. The van der Waals surface area contributed by atoms with Crippen molar-refractivity contribution in [2.75, 3.05) is 7.11 Å². The summed E-state index contributed by atoms with van der Waals surface area (Å²) in [6.07, 6.45) is -2.48. The first kappa shape index (κ1) is 25.2. The molecule has 0 radical (unpaired) electrons. The zero-order valence-electron chi connectivity index (χ0n) is 20.4. The summed E-state index contributed by atoms with van der Waals surface area (Å²) in [7, 11) is 1.60. The lowest BCUT2D eigenvalue weighted by molar-refractivity contribution is -0.137. The van der Waals surface area contributed by atoms with Crippen molar-refractivity contribution in [1.82, 2.24) is 25.6 Å². The topological polar surface area (TPSA) is 81.1 Å². The molecule has 2 N–H and O–H groups in total. The molecule has 2 aliphatic heterocycles. The number of rotatable bonds is 5. The molecule has 0 saturated carbocycles. The van der Waals surface area contributed by atoms with Crippen LogP contribution in [0, 0.1) is 5.82 Å². The Labute approximate surface area is 211 Å². The Kier molecular flexibility index (Phi) is 6.43. The Morgan fingerprint density at radius 3 is 2.62 bits per heavy atom. The van der Waals surface area contributed by atoms with E-state index in [9.17, 15) is 22.4 Å². The molecule has 7 nitrogen and oxygen atoms in total. The molecule has 3 aromatic rings. The fourth-order valence-electron chi connectivity index (χ4n) is 5.36. The molecule has 0 spiro atoms. The first-order chi connectivity index (χ1) is 17.6. The summed E-state index contributed by atoms with van der Waals surface area (Å²) in [5.41, 5.74) is 0.454. The highest BCUT2D eigenvalue weighted by Crippen LogP contribution is 2.41. The largest absolute Gasteiger partial charge is 0.497 e. The predicted molar refractivity (Wildman–Crippen MR) is 126 cm³/mol. The van der Waals surface area contributed by atoms with Crippen molar-refractivity contribution in [3.05, 3.63) is 76.4 Å². The number of benzene rings is 2. The molecule has 1 fully saturated rings. The number of hydrogen-bond acceptors (Lipinski definition) is 5. The lowest BCUT2D eigenvalue weighted by Gasteiger charge is -2.37. The van der Waals surface area contributed by atoms with E-state index in [1.807, 2.05) is 24.3 Å². The smallest absolute Gasteiger partial charge is 0.416 e. The number of carbonyl (C=O) groups is 1. The van der Waals surface area contributed by atoms with Gasteiger partial charge in [-0.25, -0.2) is 9.07 Å². The molecule has 3 heterocycles. The molecule has 1 saturated heterocycles. The zero-order valence-corrected chi connectivity index (χ0v) is 20.4. The standard InChI is InChI=1S/C26H27F4N5O2/c1-25(18-10-7-16(13-19(18)27)26(28,29)30)11-3-4-21-24(33-34-35(21)25)20-14-23(36)32-22(31-20)12-15-5-8-17(37-2)9-6-15/h5-10,13,20,22,31H,3-4,11-12,14H2,1-2H3,(H,32,36)/t20?,22?,25-/m0/s1. The molecule has 3 atom stereocenters. The fourth-order valence-corrected chi connectivity index (χ4v) is 5.36. The minimum atomic E-state index is -4.63. The first-order valence-corrected chi connectivity index (χ1v) is 12.1. The molecule has 5 rings (SSSR count). The number of alkyl halides is 3. The van der Waals surface area contributed by atoms with Crippen molar-refractivity contribution in [1.29, 1.82) is 0 Å². The minimum absolute atomic E-state index is 0.128. The van der Waals surface area contributed by atoms with Gasteiger partial charge in [0.25, 0.3) is 0 Å². The van der Waals surface area contributed by atoms with Crippen LogP contribution in [-0.4, -0.2) is 34.2 Å². The van der Waals surface area contributed by atoms with Gasteiger partial charge in [-0.3, -0.25) is 10.1 Å². The van der Waals surface area contributed by atoms with E-state index >= 15 is 0 Å². The molecule has 1 amide bonds. The number of hydrogen-bond donors (Lipinski definition) is 2. The van der Waals surface area contributed by atoms with Crippen LogP contribution >= 0.6 is 0 Å². The maximum absolute atomic E-state index is 15.0. The van der Waals surface area contributed by atoms with Gasteiger partial charge in [-0.1, -0.05) is 23.4 Å². The van der Waals surface area contributed by atoms with Gasteiger partial charge in [0.15, 0.2) is 0 Å². The number of amides is 1. The second kappa shape index (κ2) is 9.44. The summed E-state index contributed by atoms with van der Waals surface area (Å²) in [6, 6.07) is 9.78. The molecular weight excluding hydrogens is 490 g/mol. The van der Waals surface area contributed by atoms with Gasteiger partial charge >= 0.3 is 6.18 Å². The van der Waals surface area contributed by atoms with Gasteiger partial charge in [-0.15, -0.1) is 5.10 Å². The lowest BCUT2D eigenvalue weighted by atomic mass is 9.82. The van der Waals surface area contributed by atoms with Crippen LogP contribution in [0.25, 0.3) is 0 Å². The summed E-state index contributed by atoms with van der Waals surface area (Å²) >= 11 is 0. The molecule has 2 aromatic carbocycles. The molecule has 2 unspecified atom stereocenters. The van der Waals surface area contributed by atoms with E-state index in [1.54, 1.807) is 18.7 Å². The average Bonchev–Trinajstić information content (AvgIpc) is 3.29. The molecular formula is C26H27F4N5O2. The van der Waals surface area contributed by atoms with Gasteiger partial charge in [-0.05, 0) is 56.0 Å². The van der Waals surface area contributed by atoms with Crippen LogP contribution < -0.4 is 15.4 Å². The lowest BCUT2D eigenvalue weighted by Crippen LogP contribution is -2.54. The number of fused-ring (bicyclic) bond motifs is 1. The third-order valence-corrected chi connectivity index (χ3v) is 7.27. The molecule has 0 bridgehead atoms. The average molecular weight is 518 g/mol. The van der Waals surface area contributed by atoms with E-state index in [0.29, 0.717) is 37.4 Å². The third kappa shape index (κ3) is 4.79. The summed E-state index contributed by atoms with van der Waals surface area (Å²) in [4.78, 5) is 12.6. The van der Waals surface area contributed by atoms with Gasteiger partial charge in [0.1, 0.15) is 17.3 Å². The summed E-state index contributed by atoms with van der Waals surface area (Å²) in [6.45, 7) is 1.76. The maximum Gasteiger partial charge on any atom is 0.416 e. The van der Waals surface area contributed by atoms with Crippen molar-refractivity contribution in [2.24, 2.45) is 0 Å². The van der Waals surface area contributed by atoms with E-state index in [0.717, 1.165) is 23.1 Å². The van der Waals surface area contributed by atoms with Crippen molar-refractivity contribution in [2.45, 2.75) is 63.0 Å². The van der Waals surface area contributed by atoms with E-state index in [1.165, 1.54) is 6.07 Å². The Hall–Kier alpha value is -3.47. The Morgan fingerprint density at radius 2 is 1.95 bits per heavy atom. The van der Waals surface area contributed by atoms with Gasteiger partial charge in [0.2, 0.25) is 5.91 Å². The summed E-state index contributed by atoms with van der Waals surface area (Å²) < 4.78 is 61.0. The van der Waals surface area contributed by atoms with Gasteiger partial charge in [0.05, 0.1) is 36.1 Å². The van der Waals surface area contributed by atoms with Crippen molar-refractivity contribution in [3.8, 4) is 5.75 Å². The second-order valence-electron chi connectivity index (χ2n) is 9.75. The van der Waals surface area contributed by atoms with Crippen LogP contribution in [-0.2, 0) is 29.4 Å². The number of carbonyl (C=O) groups excluding carboxylic acids is 1. The summed E-state index contributed by atoms with van der Waals surface area (Å²) in [5.74, 6) is -0.321. The maximum atomic E-state index is 15.0. The van der Waals surface area contributed by atoms with Gasteiger partial charge in [-0.2, -0.15) is 13.2 Å². The fraction of sp³-hybridized carbons (Fsp3) is 0.423. The Morgan fingerprint density at radius 1 is 1.19 bits per heavy atom. The van der Waals surface area contributed by atoms with Crippen LogP contribution in [0.1, 0.15) is 60.3 Å².